The fourth-order valence-corrected chi connectivity index (χ4v) is 5.11. The van der Waals surface area contributed by atoms with Gasteiger partial charge in [-0.2, -0.15) is 5.10 Å². The number of piperidine rings is 1. The summed E-state index contributed by atoms with van der Waals surface area (Å²) in [4.78, 5) is 22.7. The van der Waals surface area contributed by atoms with Crippen LogP contribution in [0.3, 0.4) is 0 Å². The minimum atomic E-state index is -0.0877. The number of fused-ring (bicyclic) bond motifs is 1. The summed E-state index contributed by atoms with van der Waals surface area (Å²) in [7, 11) is 0. The number of carbonyl (C=O) groups excluding carboxylic acids is 1. The highest BCUT2D eigenvalue weighted by Gasteiger charge is 2.32. The molecule has 0 saturated carbocycles. The van der Waals surface area contributed by atoms with Crippen molar-refractivity contribution < 1.29 is 9.90 Å². The van der Waals surface area contributed by atoms with Crippen LogP contribution in [-0.2, 0) is 0 Å². The number of hydrogen-bond acceptors (Lipinski definition) is 5. The number of nitrogens with zero attached hydrogens (tertiary/aromatic N) is 5. The maximum atomic E-state index is 13.4. The van der Waals surface area contributed by atoms with Gasteiger partial charge in [0, 0.05) is 43.0 Å². The van der Waals surface area contributed by atoms with E-state index >= 15 is 0 Å². The zero-order chi connectivity index (χ0) is 22.4. The molecule has 7 nitrogen and oxygen atoms in total. The summed E-state index contributed by atoms with van der Waals surface area (Å²) in [6, 6.07) is 6.93. The van der Waals surface area contributed by atoms with Gasteiger partial charge in [-0.25, -0.2) is 9.50 Å². The Morgan fingerprint density at radius 1 is 1.09 bits per heavy atom. The number of anilines is 1. The van der Waals surface area contributed by atoms with Crippen LogP contribution in [-0.4, -0.2) is 50.1 Å². The van der Waals surface area contributed by atoms with Crippen molar-refractivity contribution in [3.05, 3.63) is 52.8 Å². The van der Waals surface area contributed by atoms with E-state index in [-0.39, 0.29) is 17.7 Å². The second kappa shape index (κ2) is 8.11. The van der Waals surface area contributed by atoms with Crippen molar-refractivity contribution in [2.24, 2.45) is 5.92 Å². The van der Waals surface area contributed by atoms with Crippen molar-refractivity contribution in [3.8, 4) is 5.75 Å². The first kappa shape index (κ1) is 20.8. The van der Waals surface area contributed by atoms with Crippen molar-refractivity contribution in [2.45, 2.75) is 52.5 Å². The van der Waals surface area contributed by atoms with Crippen LogP contribution in [0, 0.1) is 19.8 Å². The molecular weight excluding hydrogens is 402 g/mol. The maximum Gasteiger partial charge on any atom is 0.254 e. The Hall–Kier alpha value is -3.09. The molecule has 168 valence electrons. The largest absolute Gasteiger partial charge is 0.508 e. The predicted molar refractivity (Wildman–Crippen MR) is 124 cm³/mol. The monoisotopic (exact) mass is 433 g/mol. The number of hydrogen-bond donors (Lipinski definition) is 1. The van der Waals surface area contributed by atoms with Crippen LogP contribution in [0.5, 0.6) is 5.75 Å². The topological polar surface area (TPSA) is 74.0 Å². The van der Waals surface area contributed by atoms with Gasteiger partial charge in [0.25, 0.3) is 5.91 Å². The summed E-state index contributed by atoms with van der Waals surface area (Å²) >= 11 is 0. The molecule has 2 aromatic heterocycles. The zero-order valence-electron chi connectivity index (χ0n) is 19.1. The minimum absolute atomic E-state index is 0.0453. The number of aromatic hydroxyl groups is 1. The lowest BCUT2D eigenvalue weighted by Crippen LogP contribution is -2.39. The molecule has 0 unspecified atom stereocenters. The number of aryl methyl sites for hydroxylation is 2. The van der Waals surface area contributed by atoms with Crippen LogP contribution in [0.1, 0.15) is 65.8 Å². The second-order valence-corrected chi connectivity index (χ2v) is 9.47. The number of likely N-dealkylation sites (tertiary alicyclic amines) is 1. The van der Waals surface area contributed by atoms with Crippen molar-refractivity contribution in [1.29, 1.82) is 0 Å². The van der Waals surface area contributed by atoms with E-state index in [1.54, 1.807) is 18.2 Å². The third-order valence-electron chi connectivity index (χ3n) is 6.90. The average molecular weight is 434 g/mol. The quantitative estimate of drug-likeness (QED) is 0.668. The van der Waals surface area contributed by atoms with Crippen LogP contribution in [0.15, 0.2) is 30.5 Å². The summed E-state index contributed by atoms with van der Waals surface area (Å²) in [6.45, 7) is 9.06. The third kappa shape index (κ3) is 3.70. The lowest BCUT2D eigenvalue weighted by molar-refractivity contribution is 0.0604. The lowest BCUT2D eigenvalue weighted by atomic mass is 9.97. The summed E-state index contributed by atoms with van der Waals surface area (Å²) in [5.74, 6) is 1.80. The molecule has 0 bridgehead atoms. The molecule has 3 aromatic rings. The molecule has 1 aromatic carbocycles. The summed E-state index contributed by atoms with van der Waals surface area (Å²) in [5.41, 5.74) is 4.25. The number of aromatic nitrogens is 3. The first-order valence-corrected chi connectivity index (χ1v) is 11.6. The fourth-order valence-electron chi connectivity index (χ4n) is 5.11. The SMILES string of the molecule is Cc1ccc(O)cc1C(=O)N1CCCC[C@H]1c1cc2nc(N3CC[C@H](C)C3)c(C)cn2n1. The number of phenolic OH excluding ortho intramolecular Hbond substituents is 1. The minimum Gasteiger partial charge on any atom is -0.508 e. The molecule has 4 heterocycles. The molecule has 2 fully saturated rings. The second-order valence-electron chi connectivity index (χ2n) is 9.47. The van der Waals surface area contributed by atoms with E-state index in [0.29, 0.717) is 18.0 Å². The van der Waals surface area contributed by atoms with Crippen LogP contribution >= 0.6 is 0 Å². The molecule has 7 heteroatoms. The Kier molecular flexibility index (Phi) is 5.27. The fraction of sp³-hybridized carbons (Fsp3) is 0.480. The van der Waals surface area contributed by atoms with E-state index in [1.165, 1.54) is 6.42 Å². The predicted octanol–water partition coefficient (Wildman–Crippen LogP) is 4.27. The number of rotatable bonds is 3. The molecule has 0 radical (unpaired) electrons. The van der Waals surface area contributed by atoms with Crippen molar-refractivity contribution in [3.63, 3.8) is 0 Å². The summed E-state index contributed by atoms with van der Waals surface area (Å²) in [6.07, 6.45) is 6.17. The maximum absolute atomic E-state index is 13.4. The lowest BCUT2D eigenvalue weighted by Gasteiger charge is -2.35. The molecule has 5 rings (SSSR count). The van der Waals surface area contributed by atoms with Gasteiger partial charge in [-0.05, 0) is 63.1 Å². The van der Waals surface area contributed by atoms with Crippen molar-refractivity contribution in [1.82, 2.24) is 19.5 Å². The van der Waals surface area contributed by atoms with Gasteiger partial charge in [-0.15, -0.1) is 0 Å². The van der Waals surface area contributed by atoms with Crippen LogP contribution in [0.2, 0.25) is 0 Å². The van der Waals surface area contributed by atoms with Crippen LogP contribution in [0.4, 0.5) is 5.82 Å². The van der Waals surface area contributed by atoms with Gasteiger partial charge in [0.1, 0.15) is 11.6 Å². The molecule has 32 heavy (non-hydrogen) atoms. The normalized spacial score (nSPS) is 21.5. The average Bonchev–Trinajstić information content (AvgIpc) is 3.40. The van der Waals surface area contributed by atoms with E-state index in [0.717, 1.165) is 60.6 Å². The number of benzene rings is 1. The van der Waals surface area contributed by atoms with Gasteiger partial charge in [0.05, 0.1) is 11.7 Å². The molecule has 1 amide bonds. The molecule has 2 saturated heterocycles. The van der Waals surface area contributed by atoms with Crippen LogP contribution < -0.4 is 4.90 Å². The van der Waals surface area contributed by atoms with Gasteiger partial charge in [0.15, 0.2) is 5.65 Å². The van der Waals surface area contributed by atoms with E-state index in [1.807, 2.05) is 22.4 Å². The first-order chi connectivity index (χ1) is 15.4. The van der Waals surface area contributed by atoms with E-state index in [2.05, 4.69) is 24.9 Å². The summed E-state index contributed by atoms with van der Waals surface area (Å²) in [5, 5.41) is 14.8. The Morgan fingerprint density at radius 2 is 1.94 bits per heavy atom. The standard InChI is InChI=1S/C25H31N5O2/c1-16-9-11-28(14-16)24-18(3)15-30-23(26-24)13-21(27-30)22-6-4-5-10-29(22)25(32)20-12-19(31)8-7-17(20)2/h7-8,12-13,15-16,22,31H,4-6,9-11,14H2,1-3H3/t16-,22-/m0/s1. The zero-order valence-corrected chi connectivity index (χ0v) is 19.1. The van der Waals surface area contributed by atoms with Crippen molar-refractivity contribution in [2.75, 3.05) is 24.5 Å². The highest BCUT2D eigenvalue weighted by Crippen LogP contribution is 2.33. The van der Waals surface area contributed by atoms with E-state index in [9.17, 15) is 9.90 Å². The number of amides is 1. The van der Waals surface area contributed by atoms with Gasteiger partial charge in [-0.1, -0.05) is 13.0 Å². The summed E-state index contributed by atoms with van der Waals surface area (Å²) < 4.78 is 1.85. The Morgan fingerprint density at radius 3 is 2.72 bits per heavy atom. The van der Waals surface area contributed by atoms with E-state index < -0.39 is 0 Å². The molecule has 2 atom stereocenters. The molecule has 0 aliphatic carbocycles. The van der Waals surface area contributed by atoms with Crippen LogP contribution in [0.25, 0.3) is 5.65 Å². The molecule has 2 aliphatic rings. The number of phenols is 1. The smallest absolute Gasteiger partial charge is 0.254 e. The van der Waals surface area contributed by atoms with Gasteiger partial charge in [0.2, 0.25) is 0 Å². The van der Waals surface area contributed by atoms with Crippen molar-refractivity contribution >= 4 is 17.4 Å². The first-order valence-electron chi connectivity index (χ1n) is 11.6. The number of carbonyl (C=O) groups is 1. The molecule has 0 spiro atoms. The Labute approximate surface area is 188 Å². The van der Waals surface area contributed by atoms with Gasteiger partial charge < -0.3 is 14.9 Å². The highest BCUT2D eigenvalue weighted by molar-refractivity contribution is 5.96. The molecular formula is C25H31N5O2. The van der Waals surface area contributed by atoms with Gasteiger partial charge in [-0.3, -0.25) is 4.79 Å². The molecule has 1 N–H and O–H groups in total. The highest BCUT2D eigenvalue weighted by atomic mass is 16.3. The Balaban J connectivity index is 1.48. The third-order valence-corrected chi connectivity index (χ3v) is 6.90. The van der Waals surface area contributed by atoms with Gasteiger partial charge >= 0.3 is 0 Å². The Bertz CT molecular complexity index is 1170. The molecule has 2 aliphatic heterocycles. The van der Waals surface area contributed by atoms with E-state index in [4.69, 9.17) is 10.1 Å².